The van der Waals surface area contributed by atoms with Crippen LogP contribution in [0, 0.1) is 11.7 Å². The first-order chi connectivity index (χ1) is 11.2. The van der Waals surface area contributed by atoms with Crippen LogP contribution in [-0.2, 0) is 16.0 Å². The highest BCUT2D eigenvalue weighted by Crippen LogP contribution is 2.27. The average Bonchev–Trinajstić information content (AvgIpc) is 3.03. The molecule has 2 heterocycles. The van der Waals surface area contributed by atoms with Gasteiger partial charge in [0.2, 0.25) is 5.91 Å². The third kappa shape index (κ3) is 4.34. The van der Waals surface area contributed by atoms with Crippen LogP contribution in [-0.4, -0.2) is 30.0 Å². The molecular weight excluding hydrogens is 293 g/mol. The molecule has 0 aromatic heterocycles. The Morgan fingerprint density at radius 2 is 2.04 bits per heavy atom. The molecule has 0 saturated carbocycles. The Hall–Kier alpha value is -1.84. The molecule has 3 rings (SSSR count). The topological polar surface area (TPSA) is 29.5 Å². The molecule has 0 N–H and O–H groups in total. The van der Waals surface area contributed by atoms with Crippen LogP contribution < -0.4 is 0 Å². The lowest BCUT2D eigenvalue weighted by Gasteiger charge is -2.34. The highest BCUT2D eigenvalue weighted by molar-refractivity contribution is 5.76. The van der Waals surface area contributed by atoms with Gasteiger partial charge in [-0.25, -0.2) is 4.39 Å². The third-order valence-electron chi connectivity index (χ3n) is 4.81. The van der Waals surface area contributed by atoms with Crippen LogP contribution in [0.4, 0.5) is 4.39 Å². The van der Waals surface area contributed by atoms with Crippen molar-refractivity contribution >= 4 is 5.91 Å². The van der Waals surface area contributed by atoms with Crippen LogP contribution >= 0.6 is 0 Å². The Balaban J connectivity index is 1.31. The zero-order valence-electron chi connectivity index (χ0n) is 13.4. The summed E-state index contributed by atoms with van der Waals surface area (Å²) in [6, 6.07) is 6.67. The standard InChI is InChI=1S/C19H24FNO2/c20-17-8-6-15(7-9-17)4-2-1-3-5-19(22)21-12-10-16-11-13-23-18(16)14-21/h6-9,11,13,16,18H,1-5,10,12,14H2. The number of amides is 1. The molecule has 2 aliphatic heterocycles. The van der Waals surface area contributed by atoms with Crippen molar-refractivity contribution in [2.24, 2.45) is 5.92 Å². The van der Waals surface area contributed by atoms with Gasteiger partial charge >= 0.3 is 0 Å². The second-order valence-corrected chi connectivity index (χ2v) is 6.48. The molecule has 0 spiro atoms. The number of carbonyl (C=O) groups excluding carboxylic acids is 1. The van der Waals surface area contributed by atoms with E-state index in [2.05, 4.69) is 6.08 Å². The second kappa shape index (κ2) is 7.62. The van der Waals surface area contributed by atoms with E-state index >= 15 is 0 Å². The van der Waals surface area contributed by atoms with Crippen molar-refractivity contribution in [1.82, 2.24) is 4.90 Å². The zero-order valence-corrected chi connectivity index (χ0v) is 13.4. The zero-order chi connectivity index (χ0) is 16.1. The van der Waals surface area contributed by atoms with E-state index in [0.29, 0.717) is 12.3 Å². The monoisotopic (exact) mass is 317 g/mol. The van der Waals surface area contributed by atoms with Crippen molar-refractivity contribution in [1.29, 1.82) is 0 Å². The van der Waals surface area contributed by atoms with Gasteiger partial charge in [-0.05, 0) is 49.5 Å². The smallest absolute Gasteiger partial charge is 0.222 e. The summed E-state index contributed by atoms with van der Waals surface area (Å²) in [6.07, 6.45) is 9.63. The van der Waals surface area contributed by atoms with Crippen LogP contribution in [0.25, 0.3) is 0 Å². The Labute approximate surface area is 137 Å². The summed E-state index contributed by atoms with van der Waals surface area (Å²) in [5, 5.41) is 0. The number of likely N-dealkylation sites (tertiary alicyclic amines) is 1. The number of rotatable bonds is 6. The fraction of sp³-hybridized carbons (Fsp3) is 0.526. The molecule has 1 aromatic carbocycles. The molecule has 2 aliphatic rings. The molecule has 0 radical (unpaired) electrons. The number of unbranched alkanes of at least 4 members (excludes halogenated alkanes) is 2. The normalized spacial score (nSPS) is 22.7. The van der Waals surface area contributed by atoms with Crippen molar-refractivity contribution in [2.75, 3.05) is 13.1 Å². The minimum Gasteiger partial charge on any atom is -0.496 e. The van der Waals surface area contributed by atoms with Gasteiger partial charge in [-0.1, -0.05) is 18.6 Å². The molecule has 23 heavy (non-hydrogen) atoms. The molecule has 0 bridgehead atoms. The molecule has 1 aromatic rings. The minimum absolute atomic E-state index is 0.172. The van der Waals surface area contributed by atoms with Crippen LogP contribution in [0.5, 0.6) is 0 Å². The SMILES string of the molecule is O=C(CCCCCc1ccc(F)cc1)N1CCC2C=COC2C1. The number of hydrogen-bond donors (Lipinski definition) is 0. The highest BCUT2D eigenvalue weighted by Gasteiger charge is 2.33. The van der Waals surface area contributed by atoms with Crippen LogP contribution in [0.15, 0.2) is 36.6 Å². The molecule has 2 unspecified atom stereocenters. The Bertz CT molecular complexity index is 555. The maximum Gasteiger partial charge on any atom is 0.222 e. The minimum atomic E-state index is -0.190. The van der Waals surface area contributed by atoms with Crippen molar-refractivity contribution < 1.29 is 13.9 Å². The van der Waals surface area contributed by atoms with Crippen molar-refractivity contribution in [3.63, 3.8) is 0 Å². The van der Waals surface area contributed by atoms with E-state index in [1.807, 2.05) is 17.0 Å². The first kappa shape index (κ1) is 16.0. The highest BCUT2D eigenvalue weighted by atomic mass is 19.1. The Kier molecular flexibility index (Phi) is 5.31. The van der Waals surface area contributed by atoms with E-state index in [1.54, 1.807) is 6.26 Å². The number of carbonyl (C=O) groups is 1. The number of ether oxygens (including phenoxy) is 1. The molecule has 1 fully saturated rings. The van der Waals surface area contributed by atoms with Gasteiger partial charge in [0.05, 0.1) is 12.8 Å². The molecule has 124 valence electrons. The fourth-order valence-electron chi connectivity index (χ4n) is 3.36. The van der Waals surface area contributed by atoms with E-state index < -0.39 is 0 Å². The average molecular weight is 317 g/mol. The number of aryl methyl sites for hydroxylation is 1. The number of hydrogen-bond acceptors (Lipinski definition) is 2. The molecule has 2 atom stereocenters. The predicted molar refractivity (Wildman–Crippen MR) is 87.3 cm³/mol. The maximum absolute atomic E-state index is 12.8. The van der Waals surface area contributed by atoms with Gasteiger partial charge < -0.3 is 9.64 Å². The summed E-state index contributed by atoms with van der Waals surface area (Å²) >= 11 is 0. The first-order valence-electron chi connectivity index (χ1n) is 8.57. The second-order valence-electron chi connectivity index (χ2n) is 6.48. The number of piperidine rings is 1. The number of benzene rings is 1. The molecule has 4 heteroatoms. The molecular formula is C19H24FNO2. The van der Waals surface area contributed by atoms with Crippen LogP contribution in [0.2, 0.25) is 0 Å². The van der Waals surface area contributed by atoms with Gasteiger partial charge in [0.1, 0.15) is 11.9 Å². The molecule has 1 saturated heterocycles. The van der Waals surface area contributed by atoms with Crippen molar-refractivity contribution in [3.8, 4) is 0 Å². The Morgan fingerprint density at radius 3 is 2.87 bits per heavy atom. The van der Waals surface area contributed by atoms with E-state index in [4.69, 9.17) is 4.74 Å². The molecule has 0 aliphatic carbocycles. The summed E-state index contributed by atoms with van der Waals surface area (Å²) in [4.78, 5) is 14.2. The van der Waals surface area contributed by atoms with E-state index in [-0.39, 0.29) is 17.8 Å². The third-order valence-corrected chi connectivity index (χ3v) is 4.81. The van der Waals surface area contributed by atoms with Gasteiger partial charge in [-0.15, -0.1) is 0 Å². The van der Waals surface area contributed by atoms with Crippen molar-refractivity contribution in [2.45, 2.75) is 44.6 Å². The van der Waals surface area contributed by atoms with E-state index in [1.165, 1.54) is 12.1 Å². The number of nitrogens with zero attached hydrogens (tertiary/aromatic N) is 1. The van der Waals surface area contributed by atoms with Crippen LogP contribution in [0.1, 0.15) is 37.7 Å². The predicted octanol–water partition coefficient (Wildman–Crippen LogP) is 3.69. The maximum atomic E-state index is 12.8. The van der Waals surface area contributed by atoms with Gasteiger partial charge in [-0.3, -0.25) is 4.79 Å². The quantitative estimate of drug-likeness (QED) is 0.749. The summed E-state index contributed by atoms with van der Waals surface area (Å²) in [5.74, 6) is 0.556. The van der Waals surface area contributed by atoms with Gasteiger partial charge in [0.15, 0.2) is 0 Å². The lowest BCUT2D eigenvalue weighted by atomic mass is 9.95. The summed E-state index contributed by atoms with van der Waals surface area (Å²) in [7, 11) is 0. The Morgan fingerprint density at radius 1 is 1.22 bits per heavy atom. The van der Waals surface area contributed by atoms with Gasteiger partial charge in [-0.2, -0.15) is 0 Å². The summed E-state index contributed by atoms with van der Waals surface area (Å²) < 4.78 is 18.4. The molecule has 1 amide bonds. The van der Waals surface area contributed by atoms with Gasteiger partial charge in [0.25, 0.3) is 0 Å². The van der Waals surface area contributed by atoms with Crippen LogP contribution in [0.3, 0.4) is 0 Å². The van der Waals surface area contributed by atoms with E-state index in [0.717, 1.165) is 50.8 Å². The number of halogens is 1. The van der Waals surface area contributed by atoms with Crippen molar-refractivity contribution in [3.05, 3.63) is 48.0 Å². The number of fused-ring (bicyclic) bond motifs is 1. The summed E-state index contributed by atoms with van der Waals surface area (Å²) in [5.41, 5.74) is 1.16. The summed E-state index contributed by atoms with van der Waals surface area (Å²) in [6.45, 7) is 1.58. The lowest BCUT2D eigenvalue weighted by molar-refractivity contribution is -0.134. The van der Waals surface area contributed by atoms with Gasteiger partial charge in [0, 0.05) is 18.9 Å². The largest absolute Gasteiger partial charge is 0.496 e. The molecule has 3 nitrogen and oxygen atoms in total. The first-order valence-corrected chi connectivity index (χ1v) is 8.57. The lowest BCUT2D eigenvalue weighted by Crippen LogP contribution is -2.45. The fourth-order valence-corrected chi connectivity index (χ4v) is 3.36. The van der Waals surface area contributed by atoms with E-state index in [9.17, 15) is 9.18 Å².